The second-order valence-corrected chi connectivity index (χ2v) is 3.02. The second-order valence-electron chi connectivity index (χ2n) is 3.02. The number of aromatic nitrogens is 1. The molecule has 0 spiro atoms. The van der Waals surface area contributed by atoms with Gasteiger partial charge in [0.1, 0.15) is 0 Å². The molecule has 1 aromatic carbocycles. The summed E-state index contributed by atoms with van der Waals surface area (Å²) in [5, 5.41) is 4.52. The minimum Gasteiger partial charge on any atom is -0.253 e. The molecule has 0 aliphatic rings. The van der Waals surface area contributed by atoms with Crippen LogP contribution in [0, 0.1) is 6.92 Å². The van der Waals surface area contributed by atoms with Crippen LogP contribution in [0.5, 0.6) is 0 Å². The number of azide groups is 1. The lowest BCUT2D eigenvalue weighted by molar-refractivity contribution is 0.108. The highest BCUT2D eigenvalue weighted by atomic mass is 20.0. The molecule has 8 heteroatoms. The van der Waals surface area contributed by atoms with Crippen molar-refractivity contribution in [3.05, 3.63) is 46.5 Å². The van der Waals surface area contributed by atoms with Gasteiger partial charge in [-0.15, -0.1) is 0 Å². The number of nitrogens with zero attached hydrogens (tertiary/aromatic N) is 4. The van der Waals surface area contributed by atoms with Crippen molar-refractivity contribution in [2.75, 3.05) is 0 Å². The molecule has 2 aromatic rings. The van der Waals surface area contributed by atoms with Crippen molar-refractivity contribution >= 4 is 16.6 Å². The molecule has 96 valence electrons. The van der Waals surface area contributed by atoms with Crippen LogP contribution in [0.15, 0.2) is 35.4 Å². The number of benzene rings is 1. The number of hydrogen-bond donors (Lipinski definition) is 0. The van der Waals surface area contributed by atoms with Gasteiger partial charge in [0, 0.05) is 40.0 Å². The van der Waals surface area contributed by atoms with Crippen LogP contribution in [0.1, 0.15) is 5.69 Å². The zero-order valence-corrected chi connectivity index (χ0v) is 9.19. The normalized spacial score (nSPS) is 8.28. The molecule has 2 rings (SSSR count). The van der Waals surface area contributed by atoms with Crippen molar-refractivity contribution < 1.29 is 18.3 Å². The maximum absolute atomic E-state index is 8.28. The largest absolute Gasteiger partial charge is 0.253 e. The van der Waals surface area contributed by atoms with Gasteiger partial charge in [-0.1, -0.05) is 17.2 Å². The Balaban J connectivity index is 0.000000659. The average Bonchev–Trinajstić information content (AvgIpc) is 2.44. The molecule has 0 N–H and O–H groups in total. The van der Waals surface area contributed by atoms with Crippen LogP contribution in [-0.4, -0.2) is 4.98 Å². The lowest BCUT2D eigenvalue weighted by atomic mass is 10.2. The zero-order valence-electron chi connectivity index (χ0n) is 9.19. The summed E-state index contributed by atoms with van der Waals surface area (Å²) in [6, 6.07) is 9.33. The molecule has 1 heterocycles. The van der Waals surface area contributed by atoms with Crippen molar-refractivity contribution in [1.29, 1.82) is 0 Å². The average molecular weight is 260 g/mol. The second kappa shape index (κ2) is 8.77. The van der Waals surface area contributed by atoms with Crippen molar-refractivity contribution in [3.63, 3.8) is 0 Å². The summed E-state index contributed by atoms with van der Waals surface area (Å²) in [4.78, 5) is 7.08. The van der Waals surface area contributed by atoms with Gasteiger partial charge in [-0.2, -0.15) is 0 Å². The van der Waals surface area contributed by atoms with Crippen LogP contribution in [0.4, 0.5) is 24.0 Å². The molecule has 0 radical (unpaired) electrons. The summed E-state index contributed by atoms with van der Waals surface area (Å²) in [6.45, 7) is 1.95. The van der Waals surface area contributed by atoms with Gasteiger partial charge in [-0.3, -0.25) is 4.98 Å². The van der Waals surface area contributed by atoms with Crippen molar-refractivity contribution in [3.8, 4) is 0 Å². The van der Waals surface area contributed by atoms with Crippen LogP contribution in [-0.2, 0) is 0 Å². The van der Waals surface area contributed by atoms with E-state index in [1.54, 1.807) is 6.07 Å². The van der Waals surface area contributed by atoms with Crippen molar-refractivity contribution in [2.24, 2.45) is 5.11 Å². The van der Waals surface area contributed by atoms with Crippen LogP contribution in [0.2, 0.25) is 0 Å². The Kier molecular flexibility index (Phi) is 7.63. The van der Waals surface area contributed by atoms with Gasteiger partial charge in [0.25, 0.3) is 0 Å². The van der Waals surface area contributed by atoms with E-state index in [9.17, 15) is 0 Å². The van der Waals surface area contributed by atoms with Crippen LogP contribution in [0.3, 0.4) is 0 Å². The van der Waals surface area contributed by atoms with E-state index in [4.69, 9.17) is 23.8 Å². The molecule has 0 fully saturated rings. The van der Waals surface area contributed by atoms with Crippen molar-refractivity contribution in [1.82, 2.24) is 4.98 Å². The summed E-state index contributed by atoms with van der Waals surface area (Å²) in [5.41, 5.74) is 10.8. The third-order valence-corrected chi connectivity index (χ3v) is 1.97. The first-order valence-corrected chi connectivity index (χ1v) is 4.51. The van der Waals surface area contributed by atoms with E-state index in [0.29, 0.717) is 5.69 Å². The molecule has 0 aliphatic heterocycles. The molecular weight excluding hydrogens is 252 g/mol. The molecule has 0 amide bonds. The topological polar surface area (TPSA) is 61.7 Å². The predicted octanol–water partition coefficient (Wildman–Crippen LogP) is 5.17. The molecule has 1 aromatic heterocycles. The fraction of sp³-hybridized carbons (Fsp3) is 0.100. The predicted molar refractivity (Wildman–Crippen MR) is 59.7 cm³/mol. The number of aryl methyl sites for hydroxylation is 1. The highest BCUT2D eigenvalue weighted by molar-refractivity contribution is 5.81. The Morgan fingerprint density at radius 1 is 1.11 bits per heavy atom. The number of pyridine rings is 1. The summed E-state index contributed by atoms with van der Waals surface area (Å²) in [6.07, 6.45) is 0. The Bertz CT molecular complexity index is 540. The third kappa shape index (κ3) is 4.26. The standard InChI is InChI=1S/C10H8N4.2F2/c1-7-2-3-8-6-9(13-14-11)4-5-10(8)12-7;2*1-2/h2-6H,1H3;;. The number of halogens is 4. The Morgan fingerprint density at radius 3 is 2.39 bits per heavy atom. The molecule has 0 saturated carbocycles. The first-order valence-electron chi connectivity index (χ1n) is 4.51. The van der Waals surface area contributed by atoms with Crippen LogP contribution in [0.25, 0.3) is 21.3 Å². The van der Waals surface area contributed by atoms with Gasteiger partial charge in [-0.25, -0.2) is 0 Å². The molecule has 0 aliphatic carbocycles. The summed E-state index contributed by atoms with van der Waals surface area (Å²) in [7, 11) is 0. The van der Waals surface area contributed by atoms with E-state index >= 15 is 0 Å². The van der Waals surface area contributed by atoms with Gasteiger partial charge in [0.2, 0.25) is 0 Å². The van der Waals surface area contributed by atoms with Crippen LogP contribution >= 0.6 is 0 Å². The molecule has 0 bridgehead atoms. The quantitative estimate of drug-likeness (QED) is 0.302. The van der Waals surface area contributed by atoms with Crippen molar-refractivity contribution in [2.45, 2.75) is 6.92 Å². The van der Waals surface area contributed by atoms with Gasteiger partial charge >= 0.3 is 0 Å². The number of fused-ring (bicyclic) bond motifs is 1. The first kappa shape index (κ1) is 15.7. The van der Waals surface area contributed by atoms with E-state index in [0.717, 1.165) is 16.6 Å². The van der Waals surface area contributed by atoms with E-state index in [-0.39, 0.29) is 0 Å². The van der Waals surface area contributed by atoms with Gasteiger partial charge < -0.3 is 0 Å². The number of hydrogen-bond acceptors (Lipinski definition) is 2. The van der Waals surface area contributed by atoms with E-state index in [1.165, 1.54) is 0 Å². The Morgan fingerprint density at radius 2 is 1.78 bits per heavy atom. The lowest BCUT2D eigenvalue weighted by Crippen LogP contribution is -1.81. The minimum atomic E-state index is 0.616. The van der Waals surface area contributed by atoms with Gasteiger partial charge in [0.15, 0.2) is 0 Å². The smallest absolute Gasteiger partial charge is 0.0705 e. The monoisotopic (exact) mass is 260 g/mol. The fourth-order valence-electron chi connectivity index (χ4n) is 1.33. The Labute approximate surface area is 99.2 Å². The minimum absolute atomic E-state index is 0.616. The third-order valence-electron chi connectivity index (χ3n) is 1.97. The zero-order chi connectivity index (χ0) is 14.0. The first-order chi connectivity index (χ1) is 8.79. The van der Waals surface area contributed by atoms with E-state index in [1.807, 2.05) is 31.2 Å². The fourth-order valence-corrected chi connectivity index (χ4v) is 1.33. The maximum atomic E-state index is 8.28. The molecule has 18 heavy (non-hydrogen) atoms. The Hall–Kier alpha value is -2.34. The van der Waals surface area contributed by atoms with E-state index in [2.05, 4.69) is 15.0 Å². The van der Waals surface area contributed by atoms with E-state index < -0.39 is 0 Å². The van der Waals surface area contributed by atoms with Gasteiger partial charge in [0.05, 0.1) is 5.52 Å². The molecule has 4 nitrogen and oxygen atoms in total. The maximum Gasteiger partial charge on any atom is 0.0705 e. The highest BCUT2D eigenvalue weighted by Gasteiger charge is 1.95. The lowest BCUT2D eigenvalue weighted by Gasteiger charge is -1.99. The summed E-state index contributed by atoms with van der Waals surface area (Å²) < 4.78 is 32.0. The molecule has 0 unspecified atom stereocenters. The molecule has 0 atom stereocenters. The summed E-state index contributed by atoms with van der Waals surface area (Å²) >= 11 is 0. The summed E-state index contributed by atoms with van der Waals surface area (Å²) in [5.74, 6) is 0. The SMILES string of the molecule is Cc1ccc2cc(N=[N+]=[N-])ccc2n1.FF.FF. The molecular formula is C10H8F4N4. The van der Waals surface area contributed by atoms with Crippen LogP contribution < -0.4 is 0 Å². The molecule has 0 saturated heterocycles. The van der Waals surface area contributed by atoms with Gasteiger partial charge in [-0.05, 0) is 30.7 Å². The number of rotatable bonds is 1. The highest BCUT2D eigenvalue weighted by Crippen LogP contribution is 2.20.